The normalized spacial score (nSPS) is 12.8. The molecule has 0 aliphatic heterocycles. The Balaban J connectivity index is 1.81. The van der Waals surface area contributed by atoms with E-state index in [1.165, 1.54) is 0 Å². The minimum absolute atomic E-state index is 0.0645. The molecule has 24 heavy (non-hydrogen) atoms. The Morgan fingerprint density at radius 3 is 2.71 bits per heavy atom. The molecule has 0 fully saturated rings. The van der Waals surface area contributed by atoms with Gasteiger partial charge in [0.15, 0.2) is 0 Å². The minimum atomic E-state index is -0.286. The lowest BCUT2D eigenvalue weighted by Gasteiger charge is -2.27. The third-order valence-electron chi connectivity index (χ3n) is 3.82. The van der Waals surface area contributed by atoms with E-state index in [4.69, 9.17) is 0 Å². The van der Waals surface area contributed by atoms with Crippen molar-refractivity contribution in [3.05, 3.63) is 52.0 Å². The SMILES string of the molecule is CC[C@](C)(NCC(=O)NCC#Cc1ccccc1)c1nc(C)cs1. The molecule has 1 heterocycles. The zero-order chi connectivity index (χ0) is 17.4. The molecule has 0 saturated heterocycles. The first-order chi connectivity index (χ1) is 11.5. The highest BCUT2D eigenvalue weighted by Crippen LogP contribution is 2.27. The summed E-state index contributed by atoms with van der Waals surface area (Å²) in [6.45, 7) is 6.74. The summed E-state index contributed by atoms with van der Waals surface area (Å²) in [5.74, 6) is 5.91. The van der Waals surface area contributed by atoms with Gasteiger partial charge in [-0.05, 0) is 32.4 Å². The van der Waals surface area contributed by atoms with Crippen LogP contribution in [-0.2, 0) is 10.3 Å². The van der Waals surface area contributed by atoms with Crippen LogP contribution in [0.3, 0.4) is 0 Å². The highest BCUT2D eigenvalue weighted by atomic mass is 32.1. The lowest BCUT2D eigenvalue weighted by molar-refractivity contribution is -0.120. The van der Waals surface area contributed by atoms with Crippen molar-refractivity contribution in [2.45, 2.75) is 32.7 Å². The number of nitrogens with one attached hydrogen (secondary N) is 2. The van der Waals surface area contributed by atoms with Crippen molar-refractivity contribution in [3.63, 3.8) is 0 Å². The highest BCUT2D eigenvalue weighted by Gasteiger charge is 2.27. The number of hydrogen-bond donors (Lipinski definition) is 2. The van der Waals surface area contributed by atoms with Crippen LogP contribution in [0, 0.1) is 18.8 Å². The van der Waals surface area contributed by atoms with E-state index in [0.717, 1.165) is 22.7 Å². The van der Waals surface area contributed by atoms with Crippen molar-refractivity contribution in [2.24, 2.45) is 0 Å². The van der Waals surface area contributed by atoms with Gasteiger partial charge in [0.05, 0.1) is 18.6 Å². The molecule has 1 aromatic carbocycles. The zero-order valence-corrected chi connectivity index (χ0v) is 15.2. The van der Waals surface area contributed by atoms with E-state index >= 15 is 0 Å². The first-order valence-corrected chi connectivity index (χ1v) is 8.90. The molecular weight excluding hydrogens is 318 g/mol. The third kappa shape index (κ3) is 5.19. The summed E-state index contributed by atoms with van der Waals surface area (Å²) in [5, 5.41) is 9.18. The lowest BCUT2D eigenvalue weighted by Crippen LogP contribution is -2.45. The molecule has 0 saturated carbocycles. The van der Waals surface area contributed by atoms with E-state index in [0.29, 0.717) is 6.54 Å². The molecule has 4 nitrogen and oxygen atoms in total. The molecule has 0 aliphatic rings. The lowest BCUT2D eigenvalue weighted by atomic mass is 10.00. The average Bonchev–Trinajstić information content (AvgIpc) is 3.04. The number of hydrogen-bond acceptors (Lipinski definition) is 4. The van der Waals surface area contributed by atoms with Gasteiger partial charge in [0.2, 0.25) is 5.91 Å². The molecule has 1 aromatic heterocycles. The Hall–Kier alpha value is -2.16. The topological polar surface area (TPSA) is 54.0 Å². The Kier molecular flexibility index (Phi) is 6.53. The number of carbonyl (C=O) groups is 1. The molecule has 0 radical (unpaired) electrons. The standard InChI is InChI=1S/C19H23N3OS/c1-4-19(3,18-22-15(2)14-24-18)21-13-17(23)20-12-8-11-16-9-6-5-7-10-16/h5-7,9-10,14,21H,4,12-13H2,1-3H3,(H,20,23)/t19-/m0/s1. The van der Waals surface area contributed by atoms with E-state index in [1.54, 1.807) is 11.3 Å². The molecule has 5 heteroatoms. The molecule has 0 spiro atoms. The number of nitrogens with zero attached hydrogens (tertiary/aromatic N) is 1. The van der Waals surface area contributed by atoms with Gasteiger partial charge in [0.1, 0.15) is 5.01 Å². The highest BCUT2D eigenvalue weighted by molar-refractivity contribution is 7.09. The van der Waals surface area contributed by atoms with Gasteiger partial charge in [0, 0.05) is 16.6 Å². The Labute approximate surface area is 147 Å². The average molecular weight is 341 g/mol. The third-order valence-corrected chi connectivity index (χ3v) is 5.04. The van der Waals surface area contributed by atoms with Crippen molar-refractivity contribution >= 4 is 17.2 Å². The molecule has 0 bridgehead atoms. The molecule has 1 amide bonds. The van der Waals surface area contributed by atoms with Crippen molar-refractivity contribution in [2.75, 3.05) is 13.1 Å². The number of thiazole rings is 1. The molecule has 0 unspecified atom stereocenters. The maximum Gasteiger partial charge on any atom is 0.234 e. The van der Waals surface area contributed by atoms with Gasteiger partial charge in [-0.25, -0.2) is 4.98 Å². The summed E-state index contributed by atoms with van der Waals surface area (Å²) >= 11 is 1.62. The van der Waals surface area contributed by atoms with Gasteiger partial charge in [-0.1, -0.05) is 37.0 Å². The Morgan fingerprint density at radius 1 is 1.33 bits per heavy atom. The van der Waals surface area contributed by atoms with Gasteiger partial charge in [-0.2, -0.15) is 0 Å². The van der Waals surface area contributed by atoms with Crippen LogP contribution in [0.1, 0.15) is 36.5 Å². The van der Waals surface area contributed by atoms with Gasteiger partial charge < -0.3 is 5.32 Å². The van der Waals surface area contributed by atoms with E-state index in [2.05, 4.69) is 41.3 Å². The number of benzene rings is 1. The Bertz CT molecular complexity index is 730. The van der Waals surface area contributed by atoms with Crippen LogP contribution in [0.2, 0.25) is 0 Å². The van der Waals surface area contributed by atoms with Crippen LogP contribution >= 0.6 is 11.3 Å². The predicted molar refractivity (Wildman–Crippen MR) is 98.8 cm³/mol. The number of aromatic nitrogens is 1. The maximum atomic E-state index is 12.0. The molecule has 1 atom stereocenters. The number of rotatable bonds is 6. The van der Waals surface area contributed by atoms with E-state index < -0.39 is 0 Å². The summed E-state index contributed by atoms with van der Waals surface area (Å²) in [6, 6.07) is 9.72. The fourth-order valence-electron chi connectivity index (χ4n) is 2.11. The van der Waals surface area contributed by atoms with Crippen molar-refractivity contribution in [1.29, 1.82) is 0 Å². The quantitative estimate of drug-likeness (QED) is 0.795. The molecule has 2 rings (SSSR count). The van der Waals surface area contributed by atoms with Gasteiger partial charge in [0.25, 0.3) is 0 Å². The number of aryl methyl sites for hydroxylation is 1. The summed E-state index contributed by atoms with van der Waals surface area (Å²) in [5.41, 5.74) is 1.67. The van der Waals surface area contributed by atoms with E-state index in [-0.39, 0.29) is 18.0 Å². The largest absolute Gasteiger partial charge is 0.344 e. The molecule has 0 aliphatic carbocycles. The first-order valence-electron chi connectivity index (χ1n) is 8.02. The first kappa shape index (κ1) is 18.2. The summed E-state index contributed by atoms with van der Waals surface area (Å²) in [6.07, 6.45) is 0.862. The van der Waals surface area contributed by atoms with Crippen molar-refractivity contribution in [1.82, 2.24) is 15.6 Å². The smallest absolute Gasteiger partial charge is 0.234 e. The van der Waals surface area contributed by atoms with Gasteiger partial charge in [-0.15, -0.1) is 11.3 Å². The van der Waals surface area contributed by atoms with E-state index in [9.17, 15) is 4.79 Å². The van der Waals surface area contributed by atoms with Crippen molar-refractivity contribution in [3.8, 4) is 11.8 Å². The van der Waals surface area contributed by atoms with Crippen LogP contribution in [-0.4, -0.2) is 24.0 Å². The fraction of sp³-hybridized carbons (Fsp3) is 0.368. The van der Waals surface area contributed by atoms with Gasteiger partial charge >= 0.3 is 0 Å². The monoisotopic (exact) mass is 341 g/mol. The Morgan fingerprint density at radius 2 is 2.08 bits per heavy atom. The van der Waals surface area contributed by atoms with Crippen LogP contribution in [0.5, 0.6) is 0 Å². The summed E-state index contributed by atoms with van der Waals surface area (Å²) < 4.78 is 0. The summed E-state index contributed by atoms with van der Waals surface area (Å²) in [7, 11) is 0. The molecular formula is C19H23N3OS. The zero-order valence-electron chi connectivity index (χ0n) is 14.3. The van der Waals surface area contributed by atoms with Crippen LogP contribution in [0.4, 0.5) is 0 Å². The molecule has 2 N–H and O–H groups in total. The van der Waals surface area contributed by atoms with Crippen LogP contribution < -0.4 is 10.6 Å². The number of amides is 1. The summed E-state index contributed by atoms with van der Waals surface area (Å²) in [4.78, 5) is 16.5. The minimum Gasteiger partial charge on any atom is -0.344 e. The second-order valence-corrected chi connectivity index (χ2v) is 6.64. The van der Waals surface area contributed by atoms with Gasteiger partial charge in [-0.3, -0.25) is 10.1 Å². The molecule has 126 valence electrons. The maximum absolute atomic E-state index is 12.0. The van der Waals surface area contributed by atoms with Crippen LogP contribution in [0.25, 0.3) is 0 Å². The predicted octanol–water partition coefficient (Wildman–Crippen LogP) is 2.83. The second kappa shape index (κ2) is 8.62. The molecule has 2 aromatic rings. The number of carbonyl (C=O) groups excluding carboxylic acids is 1. The van der Waals surface area contributed by atoms with E-state index in [1.807, 2.05) is 42.6 Å². The van der Waals surface area contributed by atoms with Crippen LogP contribution in [0.15, 0.2) is 35.7 Å². The van der Waals surface area contributed by atoms with Crippen molar-refractivity contribution < 1.29 is 4.79 Å². The fourth-order valence-corrected chi connectivity index (χ4v) is 3.12. The second-order valence-electron chi connectivity index (χ2n) is 5.78.